The Balaban J connectivity index is 1.92. The molecule has 0 saturated heterocycles. The molecular formula is C16H11N3OS. The minimum atomic E-state index is 0.379. The summed E-state index contributed by atoms with van der Waals surface area (Å²) in [4.78, 5) is 4.70. The summed E-state index contributed by atoms with van der Waals surface area (Å²) in [5.41, 5.74) is 8.62. The third-order valence-electron chi connectivity index (χ3n) is 3.25. The van der Waals surface area contributed by atoms with Crippen LogP contribution in [0.25, 0.3) is 32.1 Å². The Morgan fingerprint density at radius 3 is 2.48 bits per heavy atom. The highest BCUT2D eigenvalue weighted by molar-refractivity contribution is 7.21. The second-order valence-electron chi connectivity index (χ2n) is 4.65. The molecule has 5 heteroatoms. The summed E-state index contributed by atoms with van der Waals surface area (Å²) < 4.78 is 6.45. The molecule has 0 aliphatic heterocycles. The topological polar surface area (TPSA) is 64.9 Å². The van der Waals surface area contributed by atoms with E-state index in [1.807, 2.05) is 42.5 Å². The monoisotopic (exact) mass is 293 g/mol. The smallest absolute Gasteiger partial charge is 0.169 e. The molecule has 2 aromatic heterocycles. The van der Waals surface area contributed by atoms with Crippen molar-refractivity contribution >= 4 is 27.4 Å². The van der Waals surface area contributed by atoms with Crippen LogP contribution in [0, 0.1) is 0 Å². The fourth-order valence-corrected chi connectivity index (χ4v) is 3.29. The van der Waals surface area contributed by atoms with Crippen LogP contribution in [0.3, 0.4) is 0 Å². The van der Waals surface area contributed by atoms with E-state index in [2.05, 4.69) is 11.2 Å². The molecule has 2 heterocycles. The van der Waals surface area contributed by atoms with Gasteiger partial charge in [-0.25, -0.2) is 4.98 Å². The number of benzene rings is 2. The van der Waals surface area contributed by atoms with Crippen molar-refractivity contribution in [2.45, 2.75) is 0 Å². The number of rotatable bonds is 2. The zero-order chi connectivity index (χ0) is 14.2. The number of aromatic nitrogens is 2. The van der Waals surface area contributed by atoms with E-state index in [4.69, 9.17) is 15.2 Å². The molecule has 2 N–H and O–H groups in total. The number of anilines is 1. The first-order valence-corrected chi connectivity index (χ1v) is 7.30. The van der Waals surface area contributed by atoms with Gasteiger partial charge in [-0.05, 0) is 12.1 Å². The maximum Gasteiger partial charge on any atom is 0.169 e. The SMILES string of the molecule is Nc1cc(-c2ccccc2-c2nc3ccccc3s2)on1. The minimum Gasteiger partial charge on any atom is -0.381 e. The molecule has 0 saturated carbocycles. The molecule has 4 nitrogen and oxygen atoms in total. The molecule has 0 radical (unpaired) electrons. The van der Waals surface area contributed by atoms with Crippen LogP contribution in [0.2, 0.25) is 0 Å². The van der Waals surface area contributed by atoms with Crippen LogP contribution in [-0.4, -0.2) is 10.1 Å². The van der Waals surface area contributed by atoms with E-state index in [0.717, 1.165) is 21.7 Å². The second kappa shape index (κ2) is 4.71. The lowest BCUT2D eigenvalue weighted by Crippen LogP contribution is -1.82. The van der Waals surface area contributed by atoms with Crippen LogP contribution in [0.5, 0.6) is 0 Å². The number of para-hydroxylation sites is 1. The molecule has 2 aromatic carbocycles. The molecule has 0 bridgehead atoms. The zero-order valence-corrected chi connectivity index (χ0v) is 11.8. The second-order valence-corrected chi connectivity index (χ2v) is 5.68. The van der Waals surface area contributed by atoms with Crippen molar-refractivity contribution in [3.05, 3.63) is 54.6 Å². The average molecular weight is 293 g/mol. The Bertz CT molecular complexity index is 893. The molecule has 0 unspecified atom stereocenters. The van der Waals surface area contributed by atoms with E-state index >= 15 is 0 Å². The van der Waals surface area contributed by atoms with Crippen LogP contribution in [0.1, 0.15) is 0 Å². The molecule has 4 rings (SSSR count). The van der Waals surface area contributed by atoms with Crippen molar-refractivity contribution in [3.8, 4) is 21.9 Å². The third kappa shape index (κ3) is 2.08. The predicted octanol–water partition coefficient (Wildman–Crippen LogP) is 4.20. The minimum absolute atomic E-state index is 0.379. The molecule has 0 spiro atoms. The Kier molecular flexibility index (Phi) is 2.72. The van der Waals surface area contributed by atoms with Crippen LogP contribution >= 0.6 is 11.3 Å². The molecule has 4 aromatic rings. The van der Waals surface area contributed by atoms with Gasteiger partial charge >= 0.3 is 0 Å². The number of hydrogen-bond acceptors (Lipinski definition) is 5. The van der Waals surface area contributed by atoms with Crippen molar-refractivity contribution in [2.24, 2.45) is 0 Å². The fourth-order valence-electron chi connectivity index (χ4n) is 2.29. The third-order valence-corrected chi connectivity index (χ3v) is 4.31. The summed E-state index contributed by atoms with van der Waals surface area (Å²) in [7, 11) is 0. The number of nitrogens with zero attached hydrogens (tertiary/aromatic N) is 2. The van der Waals surface area contributed by atoms with Gasteiger partial charge < -0.3 is 10.3 Å². The molecule has 102 valence electrons. The van der Waals surface area contributed by atoms with Crippen LogP contribution < -0.4 is 5.73 Å². The highest BCUT2D eigenvalue weighted by Gasteiger charge is 2.14. The number of nitrogens with two attached hydrogens (primary N) is 1. The van der Waals surface area contributed by atoms with Gasteiger partial charge in [0.25, 0.3) is 0 Å². The van der Waals surface area contributed by atoms with Crippen molar-refractivity contribution in [1.29, 1.82) is 0 Å². The number of fused-ring (bicyclic) bond motifs is 1. The highest BCUT2D eigenvalue weighted by Crippen LogP contribution is 2.36. The van der Waals surface area contributed by atoms with Gasteiger partial charge in [0, 0.05) is 17.2 Å². The van der Waals surface area contributed by atoms with Gasteiger partial charge in [0.15, 0.2) is 11.6 Å². The Morgan fingerprint density at radius 2 is 1.71 bits per heavy atom. The number of hydrogen-bond donors (Lipinski definition) is 1. The van der Waals surface area contributed by atoms with E-state index in [1.165, 1.54) is 4.70 Å². The van der Waals surface area contributed by atoms with E-state index < -0.39 is 0 Å². The average Bonchev–Trinajstić information content (AvgIpc) is 3.13. The molecule has 0 fully saturated rings. The van der Waals surface area contributed by atoms with Crippen molar-refractivity contribution in [2.75, 3.05) is 5.73 Å². The van der Waals surface area contributed by atoms with Gasteiger partial charge in [-0.15, -0.1) is 11.3 Å². The molecule has 0 aliphatic rings. The predicted molar refractivity (Wildman–Crippen MR) is 85.0 cm³/mol. The molecule has 0 aliphatic carbocycles. The van der Waals surface area contributed by atoms with Gasteiger partial charge in [0.05, 0.1) is 10.2 Å². The first kappa shape index (κ1) is 12.1. The summed E-state index contributed by atoms with van der Waals surface area (Å²) in [6, 6.07) is 17.8. The summed E-state index contributed by atoms with van der Waals surface area (Å²) in [5, 5.41) is 4.72. The van der Waals surface area contributed by atoms with Crippen molar-refractivity contribution in [1.82, 2.24) is 10.1 Å². The van der Waals surface area contributed by atoms with E-state index in [9.17, 15) is 0 Å². The van der Waals surface area contributed by atoms with Crippen molar-refractivity contribution in [3.63, 3.8) is 0 Å². The summed E-state index contributed by atoms with van der Waals surface area (Å²) >= 11 is 1.66. The lowest BCUT2D eigenvalue weighted by molar-refractivity contribution is 0.436. The maximum absolute atomic E-state index is 5.65. The Morgan fingerprint density at radius 1 is 0.952 bits per heavy atom. The Labute approximate surface area is 124 Å². The normalized spacial score (nSPS) is 11.0. The van der Waals surface area contributed by atoms with E-state index in [-0.39, 0.29) is 0 Å². The summed E-state index contributed by atoms with van der Waals surface area (Å²) in [5.74, 6) is 1.03. The quantitative estimate of drug-likeness (QED) is 0.601. The summed E-state index contributed by atoms with van der Waals surface area (Å²) in [6.07, 6.45) is 0. The first-order chi connectivity index (χ1) is 10.3. The number of thiazole rings is 1. The van der Waals surface area contributed by atoms with Gasteiger partial charge in [-0.3, -0.25) is 0 Å². The van der Waals surface area contributed by atoms with E-state index in [1.54, 1.807) is 17.4 Å². The molecule has 0 atom stereocenters. The standard InChI is InChI=1S/C16H11N3OS/c17-15-9-13(20-19-15)10-5-1-2-6-11(10)16-18-12-7-3-4-8-14(12)21-16/h1-9H,(H2,17,19). The van der Waals surface area contributed by atoms with E-state index in [0.29, 0.717) is 11.6 Å². The Hall–Kier alpha value is -2.66. The van der Waals surface area contributed by atoms with Crippen LogP contribution in [0.4, 0.5) is 5.82 Å². The van der Waals surface area contributed by atoms with Crippen LogP contribution in [0.15, 0.2) is 59.1 Å². The molecule has 21 heavy (non-hydrogen) atoms. The number of nitrogen functional groups attached to an aromatic ring is 1. The van der Waals surface area contributed by atoms with Crippen molar-refractivity contribution < 1.29 is 4.52 Å². The zero-order valence-electron chi connectivity index (χ0n) is 11.0. The largest absolute Gasteiger partial charge is 0.381 e. The summed E-state index contributed by atoms with van der Waals surface area (Å²) in [6.45, 7) is 0. The van der Waals surface area contributed by atoms with Crippen LogP contribution in [-0.2, 0) is 0 Å². The van der Waals surface area contributed by atoms with Gasteiger partial charge in [-0.2, -0.15) is 0 Å². The first-order valence-electron chi connectivity index (χ1n) is 6.49. The van der Waals surface area contributed by atoms with Gasteiger partial charge in [0.2, 0.25) is 0 Å². The maximum atomic E-state index is 5.65. The fraction of sp³-hybridized carbons (Fsp3) is 0. The van der Waals surface area contributed by atoms with Gasteiger partial charge in [-0.1, -0.05) is 41.6 Å². The van der Waals surface area contributed by atoms with Gasteiger partial charge in [0.1, 0.15) is 5.01 Å². The molecule has 0 amide bonds. The highest BCUT2D eigenvalue weighted by atomic mass is 32.1. The lowest BCUT2D eigenvalue weighted by Gasteiger charge is -2.02. The molecular weight excluding hydrogens is 282 g/mol. The lowest BCUT2D eigenvalue weighted by atomic mass is 10.1.